The van der Waals surface area contributed by atoms with E-state index < -0.39 is 6.10 Å². The molecule has 0 fully saturated rings. The van der Waals surface area contributed by atoms with E-state index in [0.29, 0.717) is 19.8 Å². The van der Waals surface area contributed by atoms with Crippen LogP contribution in [0.4, 0.5) is 4.79 Å². The molecule has 2 atom stereocenters. The molecule has 0 spiro atoms. The van der Waals surface area contributed by atoms with Gasteiger partial charge in [0.1, 0.15) is 0 Å². The first-order chi connectivity index (χ1) is 9.86. The molecule has 2 amide bonds. The number of aliphatic hydroxyl groups excluding tert-OH is 1. The zero-order chi connectivity index (χ0) is 16.3. The quantitative estimate of drug-likeness (QED) is 0.542. The third-order valence-electron chi connectivity index (χ3n) is 2.61. The van der Waals surface area contributed by atoms with Crippen LogP contribution < -0.4 is 5.32 Å². The van der Waals surface area contributed by atoms with Crippen molar-refractivity contribution in [2.45, 2.75) is 39.0 Å². The summed E-state index contributed by atoms with van der Waals surface area (Å²) in [5, 5.41) is 12.6. The molecule has 0 heterocycles. The summed E-state index contributed by atoms with van der Waals surface area (Å²) in [6.07, 6.45) is -0.556. The van der Waals surface area contributed by atoms with Crippen molar-refractivity contribution in [3.63, 3.8) is 0 Å². The van der Waals surface area contributed by atoms with Crippen LogP contribution in [-0.4, -0.2) is 81.4 Å². The highest BCUT2D eigenvalue weighted by Crippen LogP contribution is 1.95. The number of nitrogens with one attached hydrogen (secondary N) is 1. The van der Waals surface area contributed by atoms with Crippen molar-refractivity contribution in [2.24, 2.45) is 0 Å². The van der Waals surface area contributed by atoms with Crippen molar-refractivity contribution >= 4 is 6.03 Å². The Kier molecular flexibility index (Phi) is 11.2. The average Bonchev–Trinajstić information content (AvgIpc) is 2.37. The second-order valence-corrected chi connectivity index (χ2v) is 5.33. The van der Waals surface area contributed by atoms with Gasteiger partial charge in [0.2, 0.25) is 0 Å². The molecule has 21 heavy (non-hydrogen) atoms. The summed E-state index contributed by atoms with van der Waals surface area (Å²) >= 11 is 0. The number of hydrogen-bond acceptors (Lipinski definition) is 5. The van der Waals surface area contributed by atoms with Crippen molar-refractivity contribution in [3.8, 4) is 0 Å². The Hall–Kier alpha value is -0.890. The van der Waals surface area contributed by atoms with Gasteiger partial charge >= 0.3 is 6.03 Å². The van der Waals surface area contributed by atoms with Crippen LogP contribution in [0.3, 0.4) is 0 Å². The van der Waals surface area contributed by atoms with E-state index in [-0.39, 0.29) is 31.3 Å². The van der Waals surface area contributed by atoms with Crippen molar-refractivity contribution in [2.75, 3.05) is 47.1 Å². The summed E-state index contributed by atoms with van der Waals surface area (Å²) in [7, 11) is 3.20. The van der Waals surface area contributed by atoms with E-state index in [9.17, 15) is 9.90 Å². The molecule has 0 aliphatic carbocycles. The fraction of sp³-hybridized carbons (Fsp3) is 0.929. The maximum absolute atomic E-state index is 11.8. The van der Waals surface area contributed by atoms with E-state index >= 15 is 0 Å². The Bertz CT molecular complexity index is 276. The Morgan fingerprint density at radius 3 is 2.48 bits per heavy atom. The number of methoxy groups -OCH3 is 1. The second-order valence-electron chi connectivity index (χ2n) is 5.33. The Balaban J connectivity index is 3.77. The molecule has 0 bridgehead atoms. The van der Waals surface area contributed by atoms with Crippen LogP contribution in [-0.2, 0) is 14.2 Å². The van der Waals surface area contributed by atoms with E-state index in [0.717, 1.165) is 0 Å². The van der Waals surface area contributed by atoms with Gasteiger partial charge in [0.25, 0.3) is 0 Å². The lowest BCUT2D eigenvalue weighted by Crippen LogP contribution is -2.46. The molecule has 7 nitrogen and oxygen atoms in total. The van der Waals surface area contributed by atoms with Gasteiger partial charge < -0.3 is 29.5 Å². The lowest BCUT2D eigenvalue weighted by Gasteiger charge is -2.23. The van der Waals surface area contributed by atoms with Crippen LogP contribution in [0.5, 0.6) is 0 Å². The van der Waals surface area contributed by atoms with E-state index in [4.69, 9.17) is 14.2 Å². The maximum Gasteiger partial charge on any atom is 0.317 e. The molecule has 0 aromatic rings. The van der Waals surface area contributed by atoms with E-state index in [1.165, 1.54) is 4.90 Å². The van der Waals surface area contributed by atoms with Gasteiger partial charge in [0, 0.05) is 14.2 Å². The molecule has 0 aromatic carbocycles. The molecular formula is C14H30N2O5. The number of nitrogens with zero attached hydrogens (tertiary/aromatic N) is 1. The summed E-state index contributed by atoms with van der Waals surface area (Å²) < 4.78 is 15.6. The lowest BCUT2D eigenvalue weighted by molar-refractivity contribution is -0.0148. The highest BCUT2D eigenvalue weighted by molar-refractivity contribution is 5.74. The first-order valence-corrected chi connectivity index (χ1v) is 7.24. The van der Waals surface area contributed by atoms with E-state index in [1.54, 1.807) is 14.2 Å². The summed E-state index contributed by atoms with van der Waals surface area (Å²) in [5.41, 5.74) is 0. The zero-order valence-electron chi connectivity index (χ0n) is 13.8. The molecule has 126 valence electrons. The van der Waals surface area contributed by atoms with Crippen LogP contribution in [0.2, 0.25) is 0 Å². The van der Waals surface area contributed by atoms with Crippen molar-refractivity contribution in [1.29, 1.82) is 0 Å². The minimum absolute atomic E-state index is 0.0773. The smallest absolute Gasteiger partial charge is 0.317 e. The summed E-state index contributed by atoms with van der Waals surface area (Å²) in [6.45, 7) is 7.50. The molecule has 0 radical (unpaired) electrons. The summed E-state index contributed by atoms with van der Waals surface area (Å²) in [4.78, 5) is 13.2. The van der Waals surface area contributed by atoms with Crippen molar-refractivity contribution in [3.05, 3.63) is 0 Å². The first kappa shape index (κ1) is 20.1. The van der Waals surface area contributed by atoms with Gasteiger partial charge in [-0.3, -0.25) is 0 Å². The van der Waals surface area contributed by atoms with E-state index in [2.05, 4.69) is 5.32 Å². The topological polar surface area (TPSA) is 80.3 Å². The van der Waals surface area contributed by atoms with Gasteiger partial charge in [-0.2, -0.15) is 0 Å². The van der Waals surface area contributed by atoms with Crippen molar-refractivity contribution in [1.82, 2.24) is 10.2 Å². The predicted octanol–water partition coefficient (Wildman–Crippen LogP) is 0.465. The molecule has 7 heteroatoms. The van der Waals surface area contributed by atoms with Gasteiger partial charge in [0.15, 0.2) is 0 Å². The van der Waals surface area contributed by atoms with Crippen LogP contribution in [0.1, 0.15) is 20.8 Å². The summed E-state index contributed by atoms with van der Waals surface area (Å²) in [5.74, 6) is 0. The fourth-order valence-electron chi connectivity index (χ4n) is 1.63. The molecule has 0 aliphatic rings. The van der Waals surface area contributed by atoms with Crippen LogP contribution in [0, 0.1) is 0 Å². The number of hydrogen-bond donors (Lipinski definition) is 2. The number of ether oxygens (including phenoxy) is 3. The average molecular weight is 306 g/mol. The SMILES string of the molecule is COCC(C)NC(=O)N(C)CC(O)COCCOC(C)C. The first-order valence-electron chi connectivity index (χ1n) is 7.24. The molecule has 0 saturated carbocycles. The molecule has 2 unspecified atom stereocenters. The third kappa shape index (κ3) is 11.4. The minimum atomic E-state index is -0.725. The van der Waals surface area contributed by atoms with Crippen molar-refractivity contribution < 1.29 is 24.1 Å². The number of likely N-dealkylation sites (N-methyl/N-ethyl adjacent to an activating group) is 1. The van der Waals surface area contributed by atoms with Gasteiger partial charge in [-0.05, 0) is 20.8 Å². The zero-order valence-corrected chi connectivity index (χ0v) is 13.8. The number of amides is 2. The fourth-order valence-corrected chi connectivity index (χ4v) is 1.63. The lowest BCUT2D eigenvalue weighted by atomic mass is 10.3. The molecule has 0 aliphatic heterocycles. The van der Waals surface area contributed by atoms with Gasteiger partial charge in [-0.15, -0.1) is 0 Å². The maximum atomic E-state index is 11.8. The van der Waals surface area contributed by atoms with Crippen LogP contribution in [0.15, 0.2) is 0 Å². The second kappa shape index (κ2) is 11.7. The van der Waals surface area contributed by atoms with Gasteiger partial charge in [-0.1, -0.05) is 0 Å². The number of carbonyl (C=O) groups is 1. The highest BCUT2D eigenvalue weighted by Gasteiger charge is 2.15. The number of urea groups is 1. The highest BCUT2D eigenvalue weighted by atomic mass is 16.5. The Morgan fingerprint density at radius 1 is 1.24 bits per heavy atom. The molecule has 0 rings (SSSR count). The third-order valence-corrected chi connectivity index (χ3v) is 2.61. The standard InChI is InChI=1S/C14H30N2O5/c1-11(2)21-7-6-20-10-13(17)8-16(4)14(18)15-12(3)9-19-5/h11-13,17H,6-10H2,1-5H3,(H,15,18). The Morgan fingerprint density at radius 2 is 1.90 bits per heavy atom. The number of aliphatic hydroxyl groups is 1. The number of rotatable bonds is 11. The molecular weight excluding hydrogens is 276 g/mol. The normalized spacial score (nSPS) is 14.0. The largest absolute Gasteiger partial charge is 0.389 e. The minimum Gasteiger partial charge on any atom is -0.389 e. The summed E-state index contributed by atoms with van der Waals surface area (Å²) in [6, 6.07) is -0.326. The van der Waals surface area contributed by atoms with Crippen LogP contribution >= 0.6 is 0 Å². The van der Waals surface area contributed by atoms with E-state index in [1.807, 2.05) is 20.8 Å². The monoisotopic (exact) mass is 306 g/mol. The van der Waals surface area contributed by atoms with Gasteiger partial charge in [0.05, 0.1) is 51.2 Å². The predicted molar refractivity (Wildman–Crippen MR) is 80.4 cm³/mol. The van der Waals surface area contributed by atoms with Gasteiger partial charge in [-0.25, -0.2) is 4.79 Å². The Labute approximate surface area is 127 Å². The van der Waals surface area contributed by atoms with Crippen LogP contribution in [0.25, 0.3) is 0 Å². The molecule has 0 saturated heterocycles. The number of carbonyl (C=O) groups excluding carboxylic acids is 1. The molecule has 0 aromatic heterocycles. The molecule has 2 N–H and O–H groups in total.